The van der Waals surface area contributed by atoms with Crippen LogP contribution >= 0.6 is 15.9 Å². The zero-order valence-electron chi connectivity index (χ0n) is 11.7. The van der Waals surface area contributed by atoms with E-state index in [0.717, 1.165) is 16.6 Å². The quantitative estimate of drug-likeness (QED) is 0.528. The number of methoxy groups -OCH3 is 2. The number of nitrogens with zero attached hydrogens (tertiary/aromatic N) is 2. The van der Waals surface area contributed by atoms with Crippen LogP contribution < -0.4 is 11.3 Å². The lowest BCUT2D eigenvalue weighted by Gasteiger charge is -2.21. The van der Waals surface area contributed by atoms with E-state index < -0.39 is 0 Å². The first-order chi connectivity index (χ1) is 9.13. The first-order valence-electron chi connectivity index (χ1n) is 6.29. The molecular formula is C12H23BrN4O2. The Morgan fingerprint density at radius 3 is 2.79 bits per heavy atom. The summed E-state index contributed by atoms with van der Waals surface area (Å²) in [5, 5.41) is 4.34. The van der Waals surface area contributed by atoms with Gasteiger partial charge in [0, 0.05) is 20.8 Å². The molecule has 1 rings (SSSR count). The molecule has 0 aliphatic carbocycles. The topological polar surface area (TPSA) is 74.3 Å². The molecule has 0 aliphatic heterocycles. The van der Waals surface area contributed by atoms with Gasteiger partial charge in [-0.3, -0.25) is 16.0 Å². The molecule has 0 amide bonds. The van der Waals surface area contributed by atoms with Crippen molar-refractivity contribution in [2.75, 3.05) is 27.4 Å². The minimum atomic E-state index is 0.0267. The maximum absolute atomic E-state index is 5.69. The van der Waals surface area contributed by atoms with Crippen molar-refractivity contribution in [1.82, 2.24) is 15.2 Å². The average molecular weight is 335 g/mol. The fourth-order valence-corrected chi connectivity index (χ4v) is 2.66. The Balaban J connectivity index is 2.81. The highest BCUT2D eigenvalue weighted by Gasteiger charge is 2.21. The molecule has 2 atom stereocenters. The third-order valence-electron chi connectivity index (χ3n) is 2.96. The van der Waals surface area contributed by atoms with Crippen LogP contribution in [0.15, 0.2) is 10.7 Å². The Morgan fingerprint density at radius 2 is 2.21 bits per heavy atom. The van der Waals surface area contributed by atoms with Crippen LogP contribution in [0.3, 0.4) is 0 Å². The standard InChI is InChI=1S/C12H23BrN4O2/c1-9(8-19-3)6-11(16-14)12-10(13)7-15-17(12)4-5-18-2/h7,9,11,16H,4-6,8,14H2,1-3H3. The number of hydrazine groups is 1. The second-order valence-corrected chi connectivity index (χ2v) is 5.46. The van der Waals surface area contributed by atoms with Gasteiger partial charge in [-0.25, -0.2) is 0 Å². The van der Waals surface area contributed by atoms with Gasteiger partial charge in [0.05, 0.1) is 35.6 Å². The predicted molar refractivity (Wildman–Crippen MR) is 77.5 cm³/mol. The molecule has 0 radical (unpaired) electrons. The van der Waals surface area contributed by atoms with Gasteiger partial charge >= 0.3 is 0 Å². The largest absolute Gasteiger partial charge is 0.384 e. The Hall–Kier alpha value is -0.470. The van der Waals surface area contributed by atoms with E-state index >= 15 is 0 Å². The van der Waals surface area contributed by atoms with E-state index in [1.54, 1.807) is 20.4 Å². The molecule has 0 fully saturated rings. The van der Waals surface area contributed by atoms with Crippen molar-refractivity contribution in [1.29, 1.82) is 0 Å². The number of hydrogen-bond acceptors (Lipinski definition) is 5. The fourth-order valence-electron chi connectivity index (χ4n) is 2.09. The summed E-state index contributed by atoms with van der Waals surface area (Å²) in [7, 11) is 3.39. The lowest BCUT2D eigenvalue weighted by Crippen LogP contribution is -2.32. The van der Waals surface area contributed by atoms with E-state index in [1.807, 2.05) is 4.68 Å². The van der Waals surface area contributed by atoms with Crippen LogP contribution in [-0.4, -0.2) is 37.2 Å². The van der Waals surface area contributed by atoms with Crippen molar-refractivity contribution in [3.05, 3.63) is 16.4 Å². The van der Waals surface area contributed by atoms with Crippen LogP contribution in [0.2, 0.25) is 0 Å². The fraction of sp³-hybridized carbons (Fsp3) is 0.750. The lowest BCUT2D eigenvalue weighted by atomic mass is 10.0. The number of nitrogens with two attached hydrogens (primary N) is 1. The van der Waals surface area contributed by atoms with Crippen LogP contribution in [-0.2, 0) is 16.0 Å². The summed E-state index contributed by atoms with van der Waals surface area (Å²) in [6, 6.07) is 0.0267. The maximum atomic E-state index is 5.69. The van der Waals surface area contributed by atoms with Gasteiger partial charge in [0.2, 0.25) is 0 Å². The highest BCUT2D eigenvalue weighted by Crippen LogP contribution is 2.27. The number of hydrogen-bond donors (Lipinski definition) is 2. The molecule has 19 heavy (non-hydrogen) atoms. The molecule has 1 aromatic rings. The van der Waals surface area contributed by atoms with Gasteiger partial charge in [-0.1, -0.05) is 6.92 Å². The summed E-state index contributed by atoms with van der Waals surface area (Å²) in [4.78, 5) is 0. The van der Waals surface area contributed by atoms with Crippen LogP contribution in [0, 0.1) is 5.92 Å². The molecule has 110 valence electrons. The van der Waals surface area contributed by atoms with Crippen LogP contribution in [0.25, 0.3) is 0 Å². The van der Waals surface area contributed by atoms with Crippen LogP contribution in [0.4, 0.5) is 0 Å². The molecule has 0 saturated heterocycles. The SMILES string of the molecule is COCCn1ncc(Br)c1C(CC(C)COC)NN. The molecule has 6 nitrogen and oxygen atoms in total. The Morgan fingerprint density at radius 1 is 1.47 bits per heavy atom. The molecule has 1 heterocycles. The van der Waals surface area contributed by atoms with Gasteiger partial charge < -0.3 is 9.47 Å². The van der Waals surface area contributed by atoms with Gasteiger partial charge in [0.15, 0.2) is 0 Å². The first-order valence-corrected chi connectivity index (χ1v) is 7.08. The zero-order valence-corrected chi connectivity index (χ0v) is 13.3. The van der Waals surface area contributed by atoms with Gasteiger partial charge in [-0.05, 0) is 28.3 Å². The summed E-state index contributed by atoms with van der Waals surface area (Å²) >= 11 is 3.53. The second-order valence-electron chi connectivity index (χ2n) is 4.61. The molecule has 0 bridgehead atoms. The Kier molecular flexibility index (Phi) is 7.55. The van der Waals surface area contributed by atoms with E-state index in [2.05, 4.69) is 33.4 Å². The Bertz CT molecular complexity index is 373. The molecule has 1 aromatic heterocycles. The number of aromatic nitrogens is 2. The van der Waals surface area contributed by atoms with Crippen LogP contribution in [0.5, 0.6) is 0 Å². The highest BCUT2D eigenvalue weighted by molar-refractivity contribution is 9.10. The minimum Gasteiger partial charge on any atom is -0.384 e. The molecule has 2 unspecified atom stereocenters. The van der Waals surface area contributed by atoms with E-state index in [-0.39, 0.29) is 6.04 Å². The van der Waals surface area contributed by atoms with Crippen molar-refractivity contribution < 1.29 is 9.47 Å². The third-order valence-corrected chi connectivity index (χ3v) is 3.57. The first kappa shape index (κ1) is 16.6. The van der Waals surface area contributed by atoms with Crippen molar-refractivity contribution in [2.24, 2.45) is 11.8 Å². The summed E-state index contributed by atoms with van der Waals surface area (Å²) in [5.74, 6) is 6.10. The third kappa shape index (κ3) is 4.85. The Labute approximate surface area is 122 Å². The average Bonchev–Trinajstić information content (AvgIpc) is 2.75. The number of halogens is 1. The normalized spacial score (nSPS) is 14.6. The number of ether oxygens (including phenoxy) is 2. The lowest BCUT2D eigenvalue weighted by molar-refractivity contribution is 0.147. The predicted octanol–water partition coefficient (Wildman–Crippen LogP) is 1.47. The summed E-state index contributed by atoms with van der Waals surface area (Å²) in [6.07, 6.45) is 2.66. The molecule has 0 spiro atoms. The molecule has 0 saturated carbocycles. The zero-order chi connectivity index (χ0) is 14.3. The molecule has 7 heteroatoms. The van der Waals surface area contributed by atoms with E-state index in [9.17, 15) is 0 Å². The second kappa shape index (κ2) is 8.65. The van der Waals surface area contributed by atoms with Crippen molar-refractivity contribution in [3.63, 3.8) is 0 Å². The van der Waals surface area contributed by atoms with E-state index in [1.165, 1.54) is 0 Å². The summed E-state index contributed by atoms with van der Waals surface area (Å²) in [6.45, 7) is 4.17. The molecule has 3 N–H and O–H groups in total. The minimum absolute atomic E-state index is 0.0267. The highest BCUT2D eigenvalue weighted by atomic mass is 79.9. The van der Waals surface area contributed by atoms with Crippen molar-refractivity contribution >= 4 is 15.9 Å². The summed E-state index contributed by atoms with van der Waals surface area (Å²) in [5.41, 5.74) is 3.91. The number of rotatable bonds is 9. The van der Waals surface area contributed by atoms with Gasteiger partial charge in [-0.15, -0.1) is 0 Å². The van der Waals surface area contributed by atoms with E-state index in [4.69, 9.17) is 15.3 Å². The van der Waals surface area contributed by atoms with Crippen LogP contribution in [0.1, 0.15) is 25.1 Å². The maximum Gasteiger partial charge on any atom is 0.0710 e. The smallest absolute Gasteiger partial charge is 0.0710 e. The molecular weight excluding hydrogens is 312 g/mol. The summed E-state index contributed by atoms with van der Waals surface area (Å²) < 4.78 is 13.1. The van der Waals surface area contributed by atoms with Gasteiger partial charge in [0.25, 0.3) is 0 Å². The monoisotopic (exact) mass is 334 g/mol. The van der Waals surface area contributed by atoms with Gasteiger partial charge in [0.1, 0.15) is 0 Å². The molecule has 0 aliphatic rings. The van der Waals surface area contributed by atoms with Gasteiger partial charge in [-0.2, -0.15) is 5.10 Å². The number of nitrogens with one attached hydrogen (secondary N) is 1. The van der Waals surface area contributed by atoms with E-state index in [0.29, 0.717) is 25.7 Å². The van der Waals surface area contributed by atoms with Crippen molar-refractivity contribution in [2.45, 2.75) is 25.9 Å². The molecule has 0 aromatic carbocycles. The van der Waals surface area contributed by atoms with Crippen molar-refractivity contribution in [3.8, 4) is 0 Å².